The fourth-order valence-corrected chi connectivity index (χ4v) is 1.69. The van der Waals surface area contributed by atoms with E-state index in [2.05, 4.69) is 27.2 Å². The minimum absolute atomic E-state index is 0.0370. The Morgan fingerprint density at radius 1 is 1.44 bits per heavy atom. The van der Waals surface area contributed by atoms with Gasteiger partial charge in [0.15, 0.2) is 0 Å². The van der Waals surface area contributed by atoms with Crippen LogP contribution in [0.25, 0.3) is 0 Å². The van der Waals surface area contributed by atoms with Gasteiger partial charge in [0.1, 0.15) is 17.7 Å². The molecular formula is C11H17N5. The molecule has 0 saturated carbocycles. The average Bonchev–Trinajstić information content (AvgIpc) is 2.91. The predicted octanol–water partition coefficient (Wildman–Crippen LogP) is 1.23. The van der Waals surface area contributed by atoms with Gasteiger partial charge in [0.05, 0.1) is 0 Å². The predicted molar refractivity (Wildman–Crippen MR) is 61.9 cm³/mol. The number of aromatic amines is 1. The molecule has 0 aromatic carbocycles. The lowest BCUT2D eigenvalue weighted by molar-refractivity contribution is 0.536. The smallest absolute Gasteiger partial charge is 0.133 e. The van der Waals surface area contributed by atoms with Gasteiger partial charge in [-0.15, -0.1) is 0 Å². The first-order valence-electron chi connectivity index (χ1n) is 5.52. The van der Waals surface area contributed by atoms with Crippen molar-refractivity contribution in [2.45, 2.75) is 19.4 Å². The number of nitrogens with one attached hydrogen (secondary N) is 2. The van der Waals surface area contributed by atoms with Crippen molar-refractivity contribution >= 4 is 0 Å². The van der Waals surface area contributed by atoms with Gasteiger partial charge in [0, 0.05) is 31.8 Å². The fourth-order valence-electron chi connectivity index (χ4n) is 1.69. The summed E-state index contributed by atoms with van der Waals surface area (Å²) in [6, 6.07) is 0.0370. The lowest BCUT2D eigenvalue weighted by Gasteiger charge is -2.15. The summed E-state index contributed by atoms with van der Waals surface area (Å²) >= 11 is 0. The highest BCUT2D eigenvalue weighted by Crippen LogP contribution is 2.16. The first-order valence-corrected chi connectivity index (χ1v) is 5.52. The number of aromatic nitrogens is 4. The number of imidazole rings is 2. The first-order chi connectivity index (χ1) is 7.83. The monoisotopic (exact) mass is 219 g/mol. The standard InChI is InChI=1S/C11H17N5/c1-3-4-12-9(10-13-5-6-14-10)11-15-7-8-16(11)2/h5-9,12H,3-4H2,1-2H3,(H,13,14). The minimum Gasteiger partial charge on any atom is -0.347 e. The molecule has 0 spiro atoms. The Balaban J connectivity index is 2.25. The molecule has 1 atom stereocenters. The molecule has 0 fully saturated rings. The molecule has 16 heavy (non-hydrogen) atoms. The molecular weight excluding hydrogens is 202 g/mol. The molecule has 5 nitrogen and oxygen atoms in total. The Kier molecular flexibility index (Phi) is 3.36. The molecule has 0 aliphatic heterocycles. The Bertz CT molecular complexity index is 417. The van der Waals surface area contributed by atoms with Crippen LogP contribution in [0, 0.1) is 0 Å². The van der Waals surface area contributed by atoms with Crippen LogP contribution < -0.4 is 5.32 Å². The summed E-state index contributed by atoms with van der Waals surface area (Å²) in [7, 11) is 1.99. The van der Waals surface area contributed by atoms with Crippen molar-refractivity contribution in [3.05, 3.63) is 36.4 Å². The normalized spacial score (nSPS) is 12.9. The zero-order chi connectivity index (χ0) is 11.4. The van der Waals surface area contributed by atoms with Gasteiger partial charge in [0.25, 0.3) is 0 Å². The van der Waals surface area contributed by atoms with Gasteiger partial charge >= 0.3 is 0 Å². The van der Waals surface area contributed by atoms with E-state index in [0.717, 1.165) is 24.6 Å². The van der Waals surface area contributed by atoms with Gasteiger partial charge in [-0.2, -0.15) is 0 Å². The summed E-state index contributed by atoms with van der Waals surface area (Å²) < 4.78 is 2.01. The molecule has 0 aliphatic rings. The molecule has 2 rings (SSSR count). The van der Waals surface area contributed by atoms with Crippen LogP contribution in [0.5, 0.6) is 0 Å². The van der Waals surface area contributed by atoms with Crippen LogP contribution in [-0.2, 0) is 7.05 Å². The maximum absolute atomic E-state index is 4.37. The molecule has 0 radical (unpaired) electrons. The van der Waals surface area contributed by atoms with Crippen LogP contribution in [0.1, 0.15) is 31.0 Å². The molecule has 0 saturated heterocycles. The van der Waals surface area contributed by atoms with Crippen LogP contribution in [0.2, 0.25) is 0 Å². The molecule has 86 valence electrons. The van der Waals surface area contributed by atoms with Gasteiger partial charge in [-0.25, -0.2) is 9.97 Å². The summed E-state index contributed by atoms with van der Waals surface area (Å²) in [4.78, 5) is 11.8. The van der Waals surface area contributed by atoms with E-state index in [0.29, 0.717) is 0 Å². The second-order valence-electron chi connectivity index (χ2n) is 3.76. The third-order valence-corrected chi connectivity index (χ3v) is 2.51. The summed E-state index contributed by atoms with van der Waals surface area (Å²) in [5, 5.41) is 3.44. The number of rotatable bonds is 5. The Labute approximate surface area is 94.9 Å². The number of H-pyrrole nitrogens is 1. The van der Waals surface area contributed by atoms with E-state index in [1.54, 1.807) is 12.4 Å². The fraction of sp³-hybridized carbons (Fsp3) is 0.455. The van der Waals surface area contributed by atoms with Crippen LogP contribution in [0.3, 0.4) is 0 Å². The highest BCUT2D eigenvalue weighted by molar-refractivity contribution is 5.11. The van der Waals surface area contributed by atoms with E-state index < -0.39 is 0 Å². The molecule has 0 aliphatic carbocycles. The summed E-state index contributed by atoms with van der Waals surface area (Å²) in [6.45, 7) is 3.09. The zero-order valence-electron chi connectivity index (χ0n) is 9.64. The van der Waals surface area contributed by atoms with Gasteiger partial charge in [-0.3, -0.25) is 0 Å². The van der Waals surface area contributed by atoms with Crippen molar-refractivity contribution in [3.63, 3.8) is 0 Å². The molecule has 1 unspecified atom stereocenters. The SMILES string of the molecule is CCCNC(c1ncc[nH]1)c1nccn1C. The molecule has 0 amide bonds. The number of nitrogens with zero attached hydrogens (tertiary/aromatic N) is 3. The Hall–Kier alpha value is -1.62. The van der Waals surface area contributed by atoms with Gasteiger partial charge in [0.2, 0.25) is 0 Å². The van der Waals surface area contributed by atoms with E-state index >= 15 is 0 Å². The lowest BCUT2D eigenvalue weighted by atomic mass is 10.2. The summed E-state index contributed by atoms with van der Waals surface area (Å²) in [5.41, 5.74) is 0. The molecule has 2 aromatic heterocycles. The largest absolute Gasteiger partial charge is 0.347 e. The quantitative estimate of drug-likeness (QED) is 0.795. The Morgan fingerprint density at radius 3 is 2.88 bits per heavy atom. The number of aryl methyl sites for hydroxylation is 1. The molecule has 2 aromatic rings. The third-order valence-electron chi connectivity index (χ3n) is 2.51. The van der Waals surface area contributed by atoms with Crippen molar-refractivity contribution in [1.82, 2.24) is 24.8 Å². The number of hydrogen-bond donors (Lipinski definition) is 2. The van der Waals surface area contributed by atoms with E-state index in [-0.39, 0.29) is 6.04 Å². The van der Waals surface area contributed by atoms with E-state index in [1.165, 1.54) is 0 Å². The van der Waals surface area contributed by atoms with E-state index in [1.807, 2.05) is 24.0 Å². The molecule has 2 heterocycles. The first kappa shape index (κ1) is 10.9. The van der Waals surface area contributed by atoms with Gasteiger partial charge in [-0.1, -0.05) is 6.92 Å². The van der Waals surface area contributed by atoms with Crippen LogP contribution in [0.4, 0.5) is 0 Å². The maximum Gasteiger partial charge on any atom is 0.133 e. The second-order valence-corrected chi connectivity index (χ2v) is 3.76. The van der Waals surface area contributed by atoms with Crippen LogP contribution in [0.15, 0.2) is 24.8 Å². The highest BCUT2D eigenvalue weighted by Gasteiger charge is 2.19. The lowest BCUT2D eigenvalue weighted by Crippen LogP contribution is -2.26. The molecule has 2 N–H and O–H groups in total. The van der Waals surface area contributed by atoms with E-state index in [9.17, 15) is 0 Å². The highest BCUT2D eigenvalue weighted by atomic mass is 15.1. The van der Waals surface area contributed by atoms with Crippen molar-refractivity contribution in [1.29, 1.82) is 0 Å². The Morgan fingerprint density at radius 2 is 2.31 bits per heavy atom. The van der Waals surface area contributed by atoms with Crippen molar-refractivity contribution in [3.8, 4) is 0 Å². The average molecular weight is 219 g/mol. The van der Waals surface area contributed by atoms with Crippen LogP contribution >= 0.6 is 0 Å². The van der Waals surface area contributed by atoms with Gasteiger partial charge < -0.3 is 14.9 Å². The topological polar surface area (TPSA) is 58.5 Å². The van der Waals surface area contributed by atoms with Crippen molar-refractivity contribution in [2.75, 3.05) is 6.54 Å². The molecule has 5 heteroatoms. The summed E-state index contributed by atoms with van der Waals surface area (Å²) in [6.07, 6.45) is 8.43. The van der Waals surface area contributed by atoms with Crippen molar-refractivity contribution < 1.29 is 0 Å². The van der Waals surface area contributed by atoms with E-state index in [4.69, 9.17) is 0 Å². The second kappa shape index (κ2) is 4.94. The van der Waals surface area contributed by atoms with Gasteiger partial charge in [-0.05, 0) is 13.0 Å². The minimum atomic E-state index is 0.0370. The third kappa shape index (κ3) is 2.14. The number of hydrogen-bond acceptors (Lipinski definition) is 3. The summed E-state index contributed by atoms with van der Waals surface area (Å²) in [5.74, 6) is 1.88. The molecule has 0 bridgehead atoms. The zero-order valence-corrected chi connectivity index (χ0v) is 9.64. The maximum atomic E-state index is 4.37. The van der Waals surface area contributed by atoms with Crippen molar-refractivity contribution in [2.24, 2.45) is 7.05 Å². The van der Waals surface area contributed by atoms with Crippen LogP contribution in [-0.4, -0.2) is 26.1 Å².